The smallest absolute Gasteiger partial charge is 0.117 e. The molecule has 0 aromatic carbocycles. The van der Waals surface area contributed by atoms with Gasteiger partial charge in [-0.2, -0.15) is 0 Å². The lowest BCUT2D eigenvalue weighted by atomic mass is 9.94. The fourth-order valence-electron chi connectivity index (χ4n) is 2.98. The fourth-order valence-corrected chi connectivity index (χ4v) is 2.98. The second-order valence-electron chi connectivity index (χ2n) is 6.26. The first-order valence-corrected chi connectivity index (χ1v) is 8.94. The summed E-state index contributed by atoms with van der Waals surface area (Å²) in [5.74, 6) is 0. The number of oxime groups is 2. The predicted molar refractivity (Wildman–Crippen MR) is 102 cm³/mol. The van der Waals surface area contributed by atoms with Crippen LogP contribution >= 0.6 is 0 Å². The van der Waals surface area contributed by atoms with Crippen LogP contribution in [0.2, 0.25) is 0 Å². The molecule has 2 aromatic heterocycles. The summed E-state index contributed by atoms with van der Waals surface area (Å²) in [4.78, 5) is 19.4. The number of hydrogen-bond acceptors (Lipinski definition) is 6. The van der Waals surface area contributed by atoms with Crippen molar-refractivity contribution in [1.82, 2.24) is 9.97 Å². The lowest BCUT2D eigenvalue weighted by Crippen LogP contribution is -2.15. The number of aryl methyl sites for hydroxylation is 3. The molecule has 0 unspecified atom stereocenters. The van der Waals surface area contributed by atoms with Gasteiger partial charge in [0.05, 0.1) is 17.6 Å². The number of fused-ring (bicyclic) bond motifs is 1. The highest BCUT2D eigenvalue weighted by Crippen LogP contribution is 2.21. The third-order valence-electron chi connectivity index (χ3n) is 4.21. The Kier molecular flexibility index (Phi) is 6.30. The average Bonchev–Trinajstić information content (AvgIpc) is 2.65. The SMILES string of the molecule is CO/N=C1\CCCc2ccc(CCCO/N=C/c3cccc(C)n3)nc21. The van der Waals surface area contributed by atoms with Gasteiger partial charge in [-0.05, 0) is 62.8 Å². The number of pyridine rings is 2. The lowest BCUT2D eigenvalue weighted by Gasteiger charge is -2.17. The van der Waals surface area contributed by atoms with Gasteiger partial charge in [0.15, 0.2) is 0 Å². The second-order valence-corrected chi connectivity index (χ2v) is 6.26. The van der Waals surface area contributed by atoms with Gasteiger partial charge in [-0.3, -0.25) is 9.97 Å². The van der Waals surface area contributed by atoms with Crippen molar-refractivity contribution in [3.05, 3.63) is 58.7 Å². The van der Waals surface area contributed by atoms with Crippen LogP contribution in [0.1, 0.15) is 47.6 Å². The second kappa shape index (κ2) is 9.08. The topological polar surface area (TPSA) is 69.0 Å². The molecule has 1 aliphatic rings. The molecule has 2 heterocycles. The molecule has 0 saturated heterocycles. The van der Waals surface area contributed by atoms with Gasteiger partial charge in [0, 0.05) is 11.4 Å². The van der Waals surface area contributed by atoms with E-state index in [0.29, 0.717) is 6.61 Å². The third-order valence-corrected chi connectivity index (χ3v) is 4.21. The van der Waals surface area contributed by atoms with E-state index in [4.69, 9.17) is 14.7 Å². The van der Waals surface area contributed by atoms with E-state index in [1.54, 1.807) is 13.3 Å². The Hall–Kier alpha value is -2.76. The molecule has 0 radical (unpaired) electrons. The highest BCUT2D eigenvalue weighted by Gasteiger charge is 2.18. The number of aromatic nitrogens is 2. The molecule has 0 saturated carbocycles. The van der Waals surface area contributed by atoms with Gasteiger partial charge in [-0.1, -0.05) is 22.4 Å². The quantitative estimate of drug-likeness (QED) is 0.435. The van der Waals surface area contributed by atoms with E-state index in [-0.39, 0.29) is 0 Å². The van der Waals surface area contributed by atoms with Crippen LogP contribution in [0.5, 0.6) is 0 Å². The van der Waals surface area contributed by atoms with E-state index in [1.807, 2.05) is 25.1 Å². The molecule has 0 N–H and O–H groups in total. The van der Waals surface area contributed by atoms with E-state index in [1.165, 1.54) is 5.56 Å². The maximum atomic E-state index is 5.33. The summed E-state index contributed by atoms with van der Waals surface area (Å²) in [5, 5.41) is 8.10. The van der Waals surface area contributed by atoms with E-state index in [9.17, 15) is 0 Å². The van der Waals surface area contributed by atoms with Gasteiger partial charge in [-0.15, -0.1) is 0 Å². The maximum absolute atomic E-state index is 5.33. The van der Waals surface area contributed by atoms with Crippen molar-refractivity contribution in [3.8, 4) is 0 Å². The van der Waals surface area contributed by atoms with Crippen LogP contribution < -0.4 is 0 Å². The van der Waals surface area contributed by atoms with Crippen LogP contribution in [0.3, 0.4) is 0 Å². The average molecular weight is 352 g/mol. The molecule has 1 aliphatic carbocycles. The predicted octanol–water partition coefficient (Wildman–Crippen LogP) is 3.46. The molecule has 26 heavy (non-hydrogen) atoms. The zero-order chi connectivity index (χ0) is 18.2. The lowest BCUT2D eigenvalue weighted by molar-refractivity contribution is 0.143. The van der Waals surface area contributed by atoms with E-state index >= 15 is 0 Å². The first kappa shape index (κ1) is 18.0. The molecule has 6 nitrogen and oxygen atoms in total. The van der Waals surface area contributed by atoms with Crippen molar-refractivity contribution in [1.29, 1.82) is 0 Å². The fraction of sp³-hybridized carbons (Fsp3) is 0.400. The van der Waals surface area contributed by atoms with Crippen molar-refractivity contribution in [2.45, 2.75) is 39.0 Å². The molecule has 0 spiro atoms. The summed E-state index contributed by atoms with van der Waals surface area (Å²) in [6, 6.07) is 10.0. The molecule has 6 heteroatoms. The molecule has 136 valence electrons. The number of nitrogens with zero attached hydrogens (tertiary/aromatic N) is 4. The summed E-state index contributed by atoms with van der Waals surface area (Å²) in [7, 11) is 1.58. The van der Waals surface area contributed by atoms with Gasteiger partial charge >= 0.3 is 0 Å². The minimum Gasteiger partial charge on any atom is -0.399 e. The first-order chi connectivity index (χ1) is 12.8. The zero-order valence-corrected chi connectivity index (χ0v) is 15.3. The highest BCUT2D eigenvalue weighted by molar-refractivity contribution is 6.00. The van der Waals surface area contributed by atoms with Gasteiger partial charge in [0.25, 0.3) is 0 Å². The standard InChI is InChI=1S/C20H24N4O2/c1-15-6-3-8-18(22-15)14-21-26-13-5-9-17-12-11-16-7-4-10-19(24-25-2)20(16)23-17/h3,6,8,11-12,14H,4-5,7,9-10,13H2,1-2H3/b21-14+,24-19+. The zero-order valence-electron chi connectivity index (χ0n) is 15.3. The molecule has 0 fully saturated rings. The van der Waals surface area contributed by atoms with Crippen LogP contribution in [0, 0.1) is 6.92 Å². The van der Waals surface area contributed by atoms with Crippen LogP contribution in [-0.2, 0) is 22.5 Å². The van der Waals surface area contributed by atoms with E-state index in [2.05, 4.69) is 27.4 Å². The molecule has 0 atom stereocenters. The van der Waals surface area contributed by atoms with Gasteiger partial charge in [0.2, 0.25) is 0 Å². The van der Waals surface area contributed by atoms with Crippen LogP contribution in [0.15, 0.2) is 40.6 Å². The Morgan fingerprint density at radius 1 is 1.15 bits per heavy atom. The van der Waals surface area contributed by atoms with E-state index < -0.39 is 0 Å². The molecule has 0 bridgehead atoms. The molecule has 3 rings (SSSR count). The Bertz CT molecular complexity index is 802. The van der Waals surface area contributed by atoms with E-state index in [0.717, 1.165) is 60.6 Å². The van der Waals surface area contributed by atoms with Crippen molar-refractivity contribution in [3.63, 3.8) is 0 Å². The van der Waals surface area contributed by atoms with Crippen LogP contribution in [0.25, 0.3) is 0 Å². The minimum atomic E-state index is 0.542. The van der Waals surface area contributed by atoms with Crippen LogP contribution in [-0.4, -0.2) is 35.6 Å². The van der Waals surface area contributed by atoms with Gasteiger partial charge in [-0.25, -0.2) is 0 Å². The summed E-state index contributed by atoms with van der Waals surface area (Å²) in [6.07, 6.45) is 6.39. The number of hydrogen-bond donors (Lipinski definition) is 0. The van der Waals surface area contributed by atoms with Crippen molar-refractivity contribution in [2.75, 3.05) is 13.7 Å². The highest BCUT2D eigenvalue weighted by atomic mass is 16.6. The summed E-state index contributed by atoms with van der Waals surface area (Å²) in [6.45, 7) is 2.49. The molecular formula is C20H24N4O2. The monoisotopic (exact) mass is 352 g/mol. The maximum Gasteiger partial charge on any atom is 0.117 e. The van der Waals surface area contributed by atoms with Gasteiger partial charge in [0.1, 0.15) is 19.4 Å². The summed E-state index contributed by atoms with van der Waals surface area (Å²) in [5.41, 5.74) is 5.99. The van der Waals surface area contributed by atoms with Crippen molar-refractivity contribution in [2.24, 2.45) is 10.3 Å². The first-order valence-electron chi connectivity index (χ1n) is 8.94. The summed E-state index contributed by atoms with van der Waals surface area (Å²) < 4.78 is 0. The normalized spacial score (nSPS) is 15.2. The Morgan fingerprint density at radius 2 is 2.08 bits per heavy atom. The summed E-state index contributed by atoms with van der Waals surface area (Å²) >= 11 is 0. The van der Waals surface area contributed by atoms with Gasteiger partial charge < -0.3 is 9.68 Å². The van der Waals surface area contributed by atoms with Crippen molar-refractivity contribution >= 4 is 11.9 Å². The molecular weight excluding hydrogens is 328 g/mol. The Labute approximate surface area is 153 Å². The molecule has 0 amide bonds. The minimum absolute atomic E-state index is 0.542. The Balaban J connectivity index is 1.49. The third kappa shape index (κ3) is 4.88. The largest absolute Gasteiger partial charge is 0.399 e. The van der Waals surface area contributed by atoms with Crippen molar-refractivity contribution < 1.29 is 9.68 Å². The number of rotatable bonds is 7. The Morgan fingerprint density at radius 3 is 2.92 bits per heavy atom. The van der Waals surface area contributed by atoms with Crippen LogP contribution in [0.4, 0.5) is 0 Å². The molecule has 2 aromatic rings. The molecule has 0 aliphatic heterocycles.